The molecule has 1 aromatic rings. The monoisotopic (exact) mass is 218 g/mol. The number of nitrogens with zero attached hydrogens (tertiary/aromatic N) is 1. The molecule has 0 saturated heterocycles. The molecule has 0 fully saturated rings. The van der Waals surface area contributed by atoms with Crippen LogP contribution in [0, 0.1) is 12.3 Å². The molecule has 0 atom stereocenters. The smallest absolute Gasteiger partial charge is 0.231 e. The lowest BCUT2D eigenvalue weighted by atomic mass is 9.92. The number of nitrogens with one attached hydrogen (secondary N) is 1. The largest absolute Gasteiger partial charge is 0.372 e. The van der Waals surface area contributed by atoms with Crippen LogP contribution in [0.1, 0.15) is 19.4 Å². The maximum Gasteiger partial charge on any atom is 0.231 e. The molecule has 0 saturated carbocycles. The third-order valence-corrected chi connectivity index (χ3v) is 3.15. The first-order chi connectivity index (χ1) is 7.42. The van der Waals surface area contributed by atoms with Gasteiger partial charge in [-0.15, -0.1) is 0 Å². The van der Waals surface area contributed by atoms with E-state index >= 15 is 0 Å². The van der Waals surface area contributed by atoms with Crippen molar-refractivity contribution in [2.45, 2.75) is 20.8 Å². The van der Waals surface area contributed by atoms with Crippen LogP contribution in [-0.4, -0.2) is 19.5 Å². The fraction of sp³-hybridized carbons (Fsp3) is 0.462. The van der Waals surface area contributed by atoms with Gasteiger partial charge in [0.2, 0.25) is 5.91 Å². The van der Waals surface area contributed by atoms with Gasteiger partial charge in [0.1, 0.15) is 0 Å². The van der Waals surface area contributed by atoms with Crippen LogP contribution in [0.5, 0.6) is 0 Å². The minimum Gasteiger partial charge on any atom is -0.372 e. The summed E-state index contributed by atoms with van der Waals surface area (Å²) in [5.74, 6) is 0.0902. The molecule has 1 N–H and O–H groups in total. The SMILES string of the molecule is Cc1cccc2c1NC(=O)C(C)(C)CN2C. The molecular weight excluding hydrogens is 200 g/mol. The van der Waals surface area contributed by atoms with Crippen LogP contribution in [0.3, 0.4) is 0 Å². The first-order valence-electron chi connectivity index (χ1n) is 5.54. The number of aryl methyl sites for hydroxylation is 1. The van der Waals surface area contributed by atoms with Crippen molar-refractivity contribution in [3.63, 3.8) is 0 Å². The van der Waals surface area contributed by atoms with Crippen molar-refractivity contribution in [2.24, 2.45) is 5.41 Å². The molecule has 1 aliphatic rings. The molecule has 3 nitrogen and oxygen atoms in total. The lowest BCUT2D eigenvalue weighted by molar-refractivity contribution is -0.123. The third-order valence-electron chi connectivity index (χ3n) is 3.15. The number of rotatable bonds is 0. The van der Waals surface area contributed by atoms with Crippen molar-refractivity contribution in [1.29, 1.82) is 0 Å². The quantitative estimate of drug-likeness (QED) is 0.725. The van der Waals surface area contributed by atoms with Crippen LogP contribution in [0.4, 0.5) is 11.4 Å². The zero-order chi connectivity index (χ0) is 11.9. The van der Waals surface area contributed by atoms with Crippen molar-refractivity contribution in [3.05, 3.63) is 23.8 Å². The van der Waals surface area contributed by atoms with Crippen LogP contribution >= 0.6 is 0 Å². The van der Waals surface area contributed by atoms with Crippen molar-refractivity contribution in [1.82, 2.24) is 0 Å². The highest BCUT2D eigenvalue weighted by molar-refractivity contribution is 6.00. The summed E-state index contributed by atoms with van der Waals surface area (Å²) in [6.45, 7) is 6.70. The van der Waals surface area contributed by atoms with Crippen molar-refractivity contribution in [3.8, 4) is 0 Å². The Balaban J connectivity index is 2.53. The molecule has 0 aromatic heterocycles. The molecule has 0 aliphatic carbocycles. The average Bonchev–Trinajstić information content (AvgIpc) is 2.26. The molecule has 86 valence electrons. The average molecular weight is 218 g/mol. The molecule has 0 unspecified atom stereocenters. The fourth-order valence-electron chi connectivity index (χ4n) is 2.17. The number of amides is 1. The lowest BCUT2D eigenvalue weighted by Crippen LogP contribution is -2.37. The first kappa shape index (κ1) is 11.0. The maximum atomic E-state index is 12.1. The highest BCUT2D eigenvalue weighted by atomic mass is 16.2. The highest BCUT2D eigenvalue weighted by Gasteiger charge is 2.33. The van der Waals surface area contributed by atoms with E-state index in [1.54, 1.807) is 0 Å². The van der Waals surface area contributed by atoms with Crippen LogP contribution in [-0.2, 0) is 4.79 Å². The van der Waals surface area contributed by atoms with Crippen molar-refractivity contribution < 1.29 is 4.79 Å². The lowest BCUT2D eigenvalue weighted by Gasteiger charge is -2.26. The Morgan fingerprint density at radius 2 is 2.06 bits per heavy atom. The van der Waals surface area contributed by atoms with Crippen LogP contribution < -0.4 is 10.2 Å². The summed E-state index contributed by atoms with van der Waals surface area (Å²) in [4.78, 5) is 14.2. The summed E-state index contributed by atoms with van der Waals surface area (Å²) >= 11 is 0. The van der Waals surface area contributed by atoms with Gasteiger partial charge < -0.3 is 10.2 Å². The van der Waals surface area contributed by atoms with E-state index in [1.165, 1.54) is 0 Å². The topological polar surface area (TPSA) is 32.3 Å². The van der Waals surface area contributed by atoms with E-state index in [4.69, 9.17) is 0 Å². The summed E-state index contributed by atoms with van der Waals surface area (Å²) in [6.07, 6.45) is 0. The number of fused-ring (bicyclic) bond motifs is 1. The Kier molecular flexibility index (Phi) is 2.41. The van der Waals surface area contributed by atoms with Crippen molar-refractivity contribution >= 4 is 17.3 Å². The normalized spacial score (nSPS) is 18.8. The molecule has 1 aromatic carbocycles. The van der Waals surface area contributed by atoms with E-state index in [1.807, 2.05) is 46.0 Å². The summed E-state index contributed by atoms with van der Waals surface area (Å²) in [7, 11) is 2.03. The highest BCUT2D eigenvalue weighted by Crippen LogP contribution is 2.35. The predicted molar refractivity (Wildman–Crippen MR) is 66.9 cm³/mol. The second kappa shape index (κ2) is 3.51. The third kappa shape index (κ3) is 1.66. The van der Waals surface area contributed by atoms with Gasteiger partial charge in [-0.25, -0.2) is 0 Å². The van der Waals surface area contributed by atoms with Gasteiger partial charge in [-0.05, 0) is 32.4 Å². The molecular formula is C13H18N2O. The van der Waals surface area contributed by atoms with Gasteiger partial charge >= 0.3 is 0 Å². The Bertz CT molecular complexity index is 438. The van der Waals surface area contributed by atoms with Gasteiger partial charge in [-0.3, -0.25) is 4.79 Å². The van der Waals surface area contributed by atoms with Gasteiger partial charge in [-0.2, -0.15) is 0 Å². The number of hydrogen-bond acceptors (Lipinski definition) is 2. The molecule has 0 bridgehead atoms. The zero-order valence-electron chi connectivity index (χ0n) is 10.3. The number of anilines is 2. The van der Waals surface area contributed by atoms with E-state index in [0.717, 1.165) is 23.5 Å². The van der Waals surface area contributed by atoms with Crippen LogP contribution in [0.25, 0.3) is 0 Å². The number of carbonyl (C=O) groups excluding carboxylic acids is 1. The van der Waals surface area contributed by atoms with E-state index < -0.39 is 0 Å². The van der Waals surface area contributed by atoms with Crippen molar-refractivity contribution in [2.75, 3.05) is 23.8 Å². The standard InChI is InChI=1S/C13H18N2O/c1-9-6-5-7-10-11(9)14-12(16)13(2,3)8-15(10)4/h5-7H,8H2,1-4H3,(H,14,16). The minimum absolute atomic E-state index is 0.0902. The fourth-order valence-corrected chi connectivity index (χ4v) is 2.17. The van der Waals surface area contributed by atoms with Gasteiger partial charge in [0.25, 0.3) is 0 Å². The van der Waals surface area contributed by atoms with E-state index in [-0.39, 0.29) is 11.3 Å². The Morgan fingerprint density at radius 3 is 2.75 bits per heavy atom. The van der Waals surface area contributed by atoms with E-state index in [9.17, 15) is 4.79 Å². The summed E-state index contributed by atoms with van der Waals surface area (Å²) in [5, 5.41) is 3.03. The summed E-state index contributed by atoms with van der Waals surface area (Å²) < 4.78 is 0. The Morgan fingerprint density at radius 1 is 1.38 bits per heavy atom. The van der Waals surface area contributed by atoms with Gasteiger partial charge in [-0.1, -0.05) is 12.1 Å². The Labute approximate surface area is 96.5 Å². The van der Waals surface area contributed by atoms with Crippen LogP contribution in [0.15, 0.2) is 18.2 Å². The number of carbonyl (C=O) groups is 1. The van der Waals surface area contributed by atoms with Gasteiger partial charge in [0.15, 0.2) is 0 Å². The maximum absolute atomic E-state index is 12.1. The molecule has 1 amide bonds. The molecule has 1 heterocycles. The van der Waals surface area contributed by atoms with Crippen LogP contribution in [0.2, 0.25) is 0 Å². The molecule has 3 heteroatoms. The summed E-state index contributed by atoms with van der Waals surface area (Å²) in [6, 6.07) is 6.09. The second-order valence-corrected chi connectivity index (χ2v) is 5.16. The zero-order valence-corrected chi connectivity index (χ0v) is 10.3. The molecule has 0 radical (unpaired) electrons. The van der Waals surface area contributed by atoms with E-state index in [0.29, 0.717) is 0 Å². The molecule has 0 spiro atoms. The number of hydrogen-bond donors (Lipinski definition) is 1. The molecule has 2 rings (SSSR count). The first-order valence-corrected chi connectivity index (χ1v) is 5.54. The molecule has 1 aliphatic heterocycles. The minimum atomic E-state index is -0.361. The second-order valence-electron chi connectivity index (χ2n) is 5.16. The predicted octanol–water partition coefficient (Wildman–Crippen LogP) is 2.41. The van der Waals surface area contributed by atoms with Gasteiger partial charge in [0, 0.05) is 13.6 Å². The van der Waals surface area contributed by atoms with Gasteiger partial charge in [0.05, 0.1) is 16.8 Å². The summed E-state index contributed by atoms with van der Waals surface area (Å²) in [5.41, 5.74) is 2.79. The molecule has 16 heavy (non-hydrogen) atoms. The Hall–Kier alpha value is -1.51. The van der Waals surface area contributed by atoms with E-state index in [2.05, 4.69) is 10.2 Å². The number of para-hydroxylation sites is 1. The number of benzene rings is 1.